The second-order valence-electron chi connectivity index (χ2n) is 7.38. The maximum absolute atomic E-state index is 12.1. The minimum atomic E-state index is -0.256. The van der Waals surface area contributed by atoms with Crippen LogP contribution in [0, 0.1) is 0 Å². The van der Waals surface area contributed by atoms with E-state index in [2.05, 4.69) is 29.7 Å². The molecule has 0 bridgehead atoms. The van der Waals surface area contributed by atoms with Crippen molar-refractivity contribution < 1.29 is 9.53 Å². The highest BCUT2D eigenvalue weighted by Crippen LogP contribution is 2.28. The molecule has 1 amide bonds. The van der Waals surface area contributed by atoms with E-state index in [1.54, 1.807) is 0 Å². The van der Waals surface area contributed by atoms with E-state index >= 15 is 0 Å². The van der Waals surface area contributed by atoms with E-state index in [0.29, 0.717) is 0 Å². The Morgan fingerprint density at radius 1 is 1.12 bits per heavy atom. The van der Waals surface area contributed by atoms with Gasteiger partial charge in [0, 0.05) is 17.6 Å². The Balaban J connectivity index is 0.00000338. The molecule has 0 saturated carbocycles. The number of hydrogen-bond donors (Lipinski definition) is 2. The quantitative estimate of drug-likeness (QED) is 0.667. The van der Waals surface area contributed by atoms with E-state index in [0.717, 1.165) is 30.8 Å². The Kier molecular flexibility index (Phi) is 8.89. The molecule has 2 rings (SSSR count). The Labute approximate surface area is 163 Å². The Morgan fingerprint density at radius 2 is 1.85 bits per heavy atom. The number of carbonyl (C=O) groups is 1. The van der Waals surface area contributed by atoms with Crippen LogP contribution >= 0.6 is 12.4 Å². The summed E-state index contributed by atoms with van der Waals surface area (Å²) in [5, 5.41) is 8.76. The average Bonchev–Trinajstić information content (AvgIpc) is 2.56. The molecule has 144 valence electrons. The van der Waals surface area contributed by atoms with Crippen LogP contribution in [0.5, 0.6) is 5.75 Å². The number of amides is 1. The van der Waals surface area contributed by atoms with Gasteiger partial charge in [-0.25, -0.2) is 0 Å². The summed E-state index contributed by atoms with van der Waals surface area (Å²) in [5.74, 6) is 0.664. The molecule has 0 aliphatic carbocycles. The van der Waals surface area contributed by atoms with Crippen LogP contribution < -0.4 is 15.4 Å². The first-order chi connectivity index (χ1) is 11.9. The lowest BCUT2D eigenvalue weighted by molar-refractivity contribution is -0.124. The van der Waals surface area contributed by atoms with Gasteiger partial charge in [-0.2, -0.15) is 0 Å². The molecule has 26 heavy (non-hydrogen) atoms. The molecule has 0 aliphatic rings. The van der Waals surface area contributed by atoms with Crippen molar-refractivity contribution in [2.75, 3.05) is 13.2 Å². The highest BCUT2D eigenvalue weighted by atomic mass is 35.5. The molecule has 0 fully saturated rings. The number of halogens is 1. The third kappa shape index (κ3) is 6.85. The van der Waals surface area contributed by atoms with Crippen molar-refractivity contribution in [3.63, 3.8) is 0 Å². The number of carbonyl (C=O) groups excluding carboxylic acids is 1. The third-order valence-electron chi connectivity index (χ3n) is 3.88. The standard InChI is InChI=1S/C21H30N2O2.ClH/c1-5-6-13-22-14-18-17-10-8-7-9-16(17)11-12-19(18)25-15-20(24)23-21(2,3)4;/h7-12,22H,5-6,13-15H2,1-4H3,(H,23,24);1H. The second-order valence-corrected chi connectivity index (χ2v) is 7.38. The molecule has 2 N–H and O–H groups in total. The molecular weight excluding hydrogens is 348 g/mol. The average molecular weight is 379 g/mol. The van der Waals surface area contributed by atoms with Gasteiger partial charge in [-0.15, -0.1) is 12.4 Å². The molecular formula is C21H31ClN2O2. The number of nitrogens with one attached hydrogen (secondary N) is 2. The first-order valence-corrected chi connectivity index (χ1v) is 9.06. The fourth-order valence-electron chi connectivity index (χ4n) is 2.75. The number of benzene rings is 2. The normalized spacial score (nSPS) is 11.1. The lowest BCUT2D eigenvalue weighted by Crippen LogP contribution is -2.43. The fraction of sp³-hybridized carbons (Fsp3) is 0.476. The van der Waals surface area contributed by atoms with Crippen molar-refractivity contribution in [2.45, 2.75) is 52.6 Å². The van der Waals surface area contributed by atoms with Crippen molar-refractivity contribution >= 4 is 29.1 Å². The molecule has 0 atom stereocenters. The van der Waals surface area contributed by atoms with Gasteiger partial charge in [0.1, 0.15) is 5.75 Å². The van der Waals surface area contributed by atoms with Gasteiger partial charge >= 0.3 is 0 Å². The molecule has 0 saturated heterocycles. The Morgan fingerprint density at radius 3 is 2.54 bits per heavy atom. The van der Waals surface area contributed by atoms with Crippen LogP contribution in [0.1, 0.15) is 46.1 Å². The van der Waals surface area contributed by atoms with Crippen LogP contribution in [0.15, 0.2) is 36.4 Å². The van der Waals surface area contributed by atoms with E-state index < -0.39 is 0 Å². The van der Waals surface area contributed by atoms with Gasteiger partial charge in [0.15, 0.2) is 6.61 Å². The lowest BCUT2D eigenvalue weighted by atomic mass is 10.0. The zero-order valence-corrected chi connectivity index (χ0v) is 17.0. The van der Waals surface area contributed by atoms with E-state index in [9.17, 15) is 4.79 Å². The van der Waals surface area contributed by atoms with Crippen molar-refractivity contribution in [3.05, 3.63) is 42.0 Å². The van der Waals surface area contributed by atoms with Crippen LogP contribution in [0.3, 0.4) is 0 Å². The van der Waals surface area contributed by atoms with Gasteiger partial charge in [-0.05, 0) is 50.6 Å². The summed E-state index contributed by atoms with van der Waals surface area (Å²) in [6.07, 6.45) is 2.31. The molecule has 0 heterocycles. The number of fused-ring (bicyclic) bond motifs is 1. The predicted octanol–water partition coefficient (Wildman–Crippen LogP) is 4.44. The van der Waals surface area contributed by atoms with Crippen LogP contribution in [0.2, 0.25) is 0 Å². The van der Waals surface area contributed by atoms with Crippen LogP contribution in [-0.4, -0.2) is 24.6 Å². The minimum Gasteiger partial charge on any atom is -0.483 e. The summed E-state index contributed by atoms with van der Waals surface area (Å²) in [6.45, 7) is 9.80. The first-order valence-electron chi connectivity index (χ1n) is 9.06. The van der Waals surface area contributed by atoms with Gasteiger partial charge in [0.05, 0.1) is 0 Å². The van der Waals surface area contributed by atoms with Crippen LogP contribution in [-0.2, 0) is 11.3 Å². The number of unbranched alkanes of at least 4 members (excludes halogenated alkanes) is 1. The minimum absolute atomic E-state index is 0. The summed E-state index contributed by atoms with van der Waals surface area (Å²) >= 11 is 0. The van der Waals surface area contributed by atoms with Crippen LogP contribution in [0.4, 0.5) is 0 Å². The molecule has 2 aromatic carbocycles. The number of hydrogen-bond acceptors (Lipinski definition) is 3. The van der Waals surface area contributed by atoms with Gasteiger partial charge < -0.3 is 15.4 Å². The predicted molar refractivity (Wildman–Crippen MR) is 111 cm³/mol. The van der Waals surface area contributed by atoms with Crippen molar-refractivity contribution in [1.29, 1.82) is 0 Å². The molecule has 2 aromatic rings. The SMILES string of the molecule is CCCCNCc1c(OCC(=O)NC(C)(C)C)ccc2ccccc12.Cl. The smallest absolute Gasteiger partial charge is 0.258 e. The van der Waals surface area contributed by atoms with Crippen molar-refractivity contribution in [1.82, 2.24) is 10.6 Å². The van der Waals surface area contributed by atoms with E-state index in [4.69, 9.17) is 4.74 Å². The third-order valence-corrected chi connectivity index (χ3v) is 3.88. The summed E-state index contributed by atoms with van der Waals surface area (Å²) in [6, 6.07) is 12.3. The first kappa shape index (κ1) is 22.3. The van der Waals surface area contributed by atoms with Gasteiger partial charge in [-0.3, -0.25) is 4.79 Å². The summed E-state index contributed by atoms with van der Waals surface area (Å²) in [4.78, 5) is 12.1. The Hall–Kier alpha value is -1.78. The molecule has 0 aliphatic heterocycles. The van der Waals surface area contributed by atoms with E-state index in [-0.39, 0.29) is 30.5 Å². The Bertz CT molecular complexity index is 711. The molecule has 4 nitrogen and oxygen atoms in total. The largest absolute Gasteiger partial charge is 0.483 e. The van der Waals surface area contributed by atoms with E-state index in [1.165, 1.54) is 17.2 Å². The zero-order chi connectivity index (χ0) is 18.3. The zero-order valence-electron chi connectivity index (χ0n) is 16.2. The monoisotopic (exact) mass is 378 g/mol. The summed E-state index contributed by atoms with van der Waals surface area (Å²) < 4.78 is 5.86. The second kappa shape index (κ2) is 10.4. The van der Waals surface area contributed by atoms with Gasteiger partial charge in [0.2, 0.25) is 0 Å². The highest BCUT2D eigenvalue weighted by Gasteiger charge is 2.15. The molecule has 0 unspecified atom stereocenters. The molecule has 0 aromatic heterocycles. The van der Waals surface area contributed by atoms with Crippen molar-refractivity contribution in [2.24, 2.45) is 0 Å². The fourth-order valence-corrected chi connectivity index (χ4v) is 2.75. The van der Waals surface area contributed by atoms with E-state index in [1.807, 2.05) is 45.0 Å². The number of ether oxygens (including phenoxy) is 1. The topological polar surface area (TPSA) is 50.4 Å². The number of rotatable bonds is 8. The molecule has 5 heteroatoms. The van der Waals surface area contributed by atoms with Gasteiger partial charge in [0.25, 0.3) is 5.91 Å². The molecule has 0 spiro atoms. The van der Waals surface area contributed by atoms with Gasteiger partial charge in [-0.1, -0.05) is 43.7 Å². The summed E-state index contributed by atoms with van der Waals surface area (Å²) in [7, 11) is 0. The highest BCUT2D eigenvalue weighted by molar-refractivity contribution is 5.88. The summed E-state index contributed by atoms with van der Waals surface area (Å²) in [5.41, 5.74) is 0.853. The van der Waals surface area contributed by atoms with Crippen molar-refractivity contribution in [3.8, 4) is 5.75 Å². The maximum atomic E-state index is 12.1. The van der Waals surface area contributed by atoms with Crippen LogP contribution in [0.25, 0.3) is 10.8 Å². The molecule has 0 radical (unpaired) electrons. The maximum Gasteiger partial charge on any atom is 0.258 e. The lowest BCUT2D eigenvalue weighted by Gasteiger charge is -2.21.